The van der Waals surface area contributed by atoms with Crippen molar-refractivity contribution in [2.24, 2.45) is 0 Å². The molecule has 0 bridgehead atoms. The van der Waals surface area contributed by atoms with Crippen molar-refractivity contribution in [3.63, 3.8) is 0 Å². The van der Waals surface area contributed by atoms with E-state index in [0.29, 0.717) is 10.9 Å². The van der Waals surface area contributed by atoms with Gasteiger partial charge >= 0.3 is 0 Å². The number of alkyl halides is 1. The molecule has 6 heteroatoms. The molecule has 0 aliphatic rings. The van der Waals surface area contributed by atoms with Crippen molar-refractivity contribution in [2.75, 3.05) is 0 Å². The number of hydrogen-bond acceptors (Lipinski definition) is 3. The molecule has 0 aliphatic heterocycles. The van der Waals surface area contributed by atoms with Crippen molar-refractivity contribution in [3.8, 4) is 5.13 Å². The minimum atomic E-state index is 0.478. The van der Waals surface area contributed by atoms with Gasteiger partial charge in [-0.15, -0.1) is 11.6 Å². The average Bonchev–Trinajstić information content (AvgIpc) is 2.74. The first-order valence-electron chi connectivity index (χ1n) is 3.93. The third-order valence-corrected chi connectivity index (χ3v) is 3.51. The number of thiazole rings is 1. The maximum Gasteiger partial charge on any atom is 0.210 e. The van der Waals surface area contributed by atoms with Crippen molar-refractivity contribution in [2.45, 2.75) is 12.8 Å². The zero-order chi connectivity index (χ0) is 10.1. The molecule has 0 unspecified atom stereocenters. The van der Waals surface area contributed by atoms with E-state index in [1.165, 1.54) is 11.3 Å². The van der Waals surface area contributed by atoms with Crippen LogP contribution in [0, 0.1) is 6.92 Å². The van der Waals surface area contributed by atoms with Gasteiger partial charge in [-0.2, -0.15) is 5.10 Å². The Morgan fingerprint density at radius 1 is 1.57 bits per heavy atom. The topological polar surface area (TPSA) is 30.7 Å². The highest BCUT2D eigenvalue weighted by molar-refractivity contribution is 7.14. The van der Waals surface area contributed by atoms with Crippen LogP contribution in [0.25, 0.3) is 5.13 Å². The predicted molar refractivity (Wildman–Crippen MR) is 58.5 cm³/mol. The highest BCUT2D eigenvalue weighted by atomic mass is 35.5. The first kappa shape index (κ1) is 9.96. The number of halogens is 2. The van der Waals surface area contributed by atoms with Crippen LogP contribution < -0.4 is 0 Å². The second-order valence-corrected chi connectivity index (χ2v) is 4.52. The van der Waals surface area contributed by atoms with E-state index < -0.39 is 0 Å². The zero-order valence-corrected chi connectivity index (χ0v) is 9.70. The molecule has 3 nitrogen and oxygen atoms in total. The fourth-order valence-corrected chi connectivity index (χ4v) is 2.05. The van der Waals surface area contributed by atoms with Gasteiger partial charge in [-0.1, -0.05) is 22.9 Å². The van der Waals surface area contributed by atoms with E-state index in [9.17, 15) is 0 Å². The Morgan fingerprint density at radius 3 is 2.86 bits per heavy atom. The molecule has 2 aromatic heterocycles. The molecule has 0 aromatic carbocycles. The molecule has 2 heterocycles. The van der Waals surface area contributed by atoms with Crippen LogP contribution in [0.3, 0.4) is 0 Å². The van der Waals surface area contributed by atoms with Gasteiger partial charge in [-0.25, -0.2) is 9.67 Å². The van der Waals surface area contributed by atoms with E-state index in [4.69, 9.17) is 23.2 Å². The predicted octanol–water partition coefficient (Wildman–Crippen LogP) is 3.03. The van der Waals surface area contributed by atoms with Crippen LogP contribution in [0.1, 0.15) is 10.6 Å². The van der Waals surface area contributed by atoms with E-state index in [2.05, 4.69) is 10.1 Å². The molecular formula is C8H7Cl2N3S. The molecule has 14 heavy (non-hydrogen) atoms. The first-order valence-corrected chi connectivity index (χ1v) is 5.66. The van der Waals surface area contributed by atoms with Crippen LogP contribution in [0.5, 0.6) is 0 Å². The van der Waals surface area contributed by atoms with Crippen LogP contribution in [-0.4, -0.2) is 14.8 Å². The lowest BCUT2D eigenvalue weighted by molar-refractivity contribution is 0.853. The molecule has 0 aliphatic carbocycles. The molecule has 0 amide bonds. The molecule has 0 radical (unpaired) electrons. The quantitative estimate of drug-likeness (QED) is 0.765. The maximum absolute atomic E-state index is 5.89. The molecule has 0 N–H and O–H groups in total. The van der Waals surface area contributed by atoms with Crippen LogP contribution >= 0.6 is 34.5 Å². The minimum absolute atomic E-state index is 0.478. The van der Waals surface area contributed by atoms with Gasteiger partial charge in [0.2, 0.25) is 5.13 Å². The summed E-state index contributed by atoms with van der Waals surface area (Å²) in [5.41, 5.74) is 0.800. The van der Waals surface area contributed by atoms with Gasteiger partial charge in [0.25, 0.3) is 0 Å². The number of hydrogen-bond donors (Lipinski definition) is 0. The molecular weight excluding hydrogens is 241 g/mol. The van der Waals surface area contributed by atoms with Crippen molar-refractivity contribution in [3.05, 3.63) is 28.0 Å². The normalized spacial score (nSPS) is 10.8. The van der Waals surface area contributed by atoms with Gasteiger partial charge in [0.1, 0.15) is 0 Å². The van der Waals surface area contributed by atoms with E-state index in [-0.39, 0.29) is 0 Å². The largest absolute Gasteiger partial charge is 0.227 e. The number of rotatable bonds is 2. The van der Waals surface area contributed by atoms with E-state index in [1.54, 1.807) is 17.1 Å². The SMILES string of the molecule is Cc1nn(-c2ncc(CCl)s2)cc1Cl. The van der Waals surface area contributed by atoms with Crippen molar-refractivity contribution < 1.29 is 0 Å². The molecule has 0 saturated heterocycles. The summed E-state index contributed by atoms with van der Waals surface area (Å²) in [4.78, 5) is 5.21. The summed E-state index contributed by atoms with van der Waals surface area (Å²) < 4.78 is 1.67. The Balaban J connectivity index is 2.39. The highest BCUT2D eigenvalue weighted by Crippen LogP contribution is 2.21. The Kier molecular flexibility index (Phi) is 2.76. The lowest BCUT2D eigenvalue weighted by atomic mass is 10.5. The van der Waals surface area contributed by atoms with Crippen LogP contribution in [0.15, 0.2) is 12.4 Å². The Bertz CT molecular complexity index is 430. The van der Waals surface area contributed by atoms with E-state index in [0.717, 1.165) is 15.7 Å². The van der Waals surface area contributed by atoms with Gasteiger partial charge in [-0.05, 0) is 6.92 Å². The van der Waals surface area contributed by atoms with Gasteiger partial charge < -0.3 is 0 Å². The summed E-state index contributed by atoms with van der Waals surface area (Å²) in [6.45, 7) is 1.86. The van der Waals surface area contributed by atoms with Gasteiger partial charge in [0.05, 0.1) is 22.8 Å². The molecule has 74 valence electrons. The molecule has 0 fully saturated rings. The van der Waals surface area contributed by atoms with E-state index in [1.807, 2.05) is 6.92 Å². The average molecular weight is 248 g/mol. The number of aryl methyl sites for hydroxylation is 1. The van der Waals surface area contributed by atoms with Crippen molar-refractivity contribution >= 4 is 34.5 Å². The second kappa shape index (κ2) is 3.88. The third kappa shape index (κ3) is 1.78. The molecule has 2 rings (SSSR count). The molecule has 0 atom stereocenters. The summed E-state index contributed by atoms with van der Waals surface area (Å²) >= 11 is 13.1. The third-order valence-electron chi connectivity index (χ3n) is 1.71. The fourth-order valence-electron chi connectivity index (χ4n) is 1.00. The van der Waals surface area contributed by atoms with Gasteiger partial charge in [-0.3, -0.25) is 0 Å². The smallest absolute Gasteiger partial charge is 0.210 e. The van der Waals surface area contributed by atoms with Crippen LogP contribution in [0.2, 0.25) is 5.02 Å². The summed E-state index contributed by atoms with van der Waals surface area (Å²) in [5, 5.41) is 5.65. The Morgan fingerprint density at radius 2 is 2.36 bits per heavy atom. The summed E-state index contributed by atoms with van der Waals surface area (Å²) in [6.07, 6.45) is 3.49. The Labute approximate surface area is 95.3 Å². The minimum Gasteiger partial charge on any atom is -0.227 e. The summed E-state index contributed by atoms with van der Waals surface area (Å²) in [7, 11) is 0. The summed E-state index contributed by atoms with van der Waals surface area (Å²) in [6, 6.07) is 0. The molecule has 0 saturated carbocycles. The maximum atomic E-state index is 5.89. The monoisotopic (exact) mass is 247 g/mol. The number of aromatic nitrogens is 3. The van der Waals surface area contributed by atoms with Gasteiger partial charge in [0.15, 0.2) is 0 Å². The molecule has 0 spiro atoms. The lowest BCUT2D eigenvalue weighted by Gasteiger charge is -1.91. The first-order chi connectivity index (χ1) is 6.70. The van der Waals surface area contributed by atoms with Gasteiger partial charge in [0, 0.05) is 11.1 Å². The standard InChI is InChI=1S/C8H7Cl2N3S/c1-5-7(10)4-13(12-5)8-11-3-6(2-9)14-8/h3-4H,2H2,1H3. The fraction of sp³-hybridized carbons (Fsp3) is 0.250. The highest BCUT2D eigenvalue weighted by Gasteiger charge is 2.07. The second-order valence-electron chi connectivity index (χ2n) is 2.75. The number of nitrogens with zero attached hydrogens (tertiary/aromatic N) is 3. The lowest BCUT2D eigenvalue weighted by Crippen LogP contribution is -1.92. The summed E-state index contributed by atoms with van der Waals surface area (Å²) in [5.74, 6) is 0.478. The zero-order valence-electron chi connectivity index (χ0n) is 7.37. The van der Waals surface area contributed by atoms with Crippen LogP contribution in [0.4, 0.5) is 0 Å². The van der Waals surface area contributed by atoms with E-state index >= 15 is 0 Å². The van der Waals surface area contributed by atoms with Crippen LogP contribution in [-0.2, 0) is 5.88 Å². The molecule has 2 aromatic rings. The van der Waals surface area contributed by atoms with Crippen molar-refractivity contribution in [1.29, 1.82) is 0 Å². The Hall–Kier alpha value is -0.580. The van der Waals surface area contributed by atoms with Crippen molar-refractivity contribution in [1.82, 2.24) is 14.8 Å².